The molecule has 0 aromatic heterocycles. The van der Waals surface area contributed by atoms with Gasteiger partial charge in [-0.15, -0.1) is 0 Å². The zero-order valence-corrected chi connectivity index (χ0v) is 14.4. The minimum absolute atomic E-state index is 0.0643. The highest BCUT2D eigenvalue weighted by Crippen LogP contribution is 2.22. The van der Waals surface area contributed by atoms with Crippen molar-refractivity contribution in [2.75, 3.05) is 13.7 Å². The lowest BCUT2D eigenvalue weighted by atomic mass is 10.1. The Balaban J connectivity index is 2.17. The number of rotatable bonds is 6. The van der Waals surface area contributed by atoms with Crippen LogP contribution < -0.4 is 15.2 Å². The van der Waals surface area contributed by atoms with Gasteiger partial charge in [0.1, 0.15) is 5.75 Å². The summed E-state index contributed by atoms with van der Waals surface area (Å²) in [5.41, 5.74) is -0.0500. The van der Waals surface area contributed by atoms with Gasteiger partial charge in [0.2, 0.25) is 10.0 Å². The maximum absolute atomic E-state index is 13.2. The molecule has 1 amide bonds. The third kappa shape index (κ3) is 4.54. The van der Waals surface area contributed by atoms with E-state index in [1.165, 1.54) is 25.3 Å². The molecule has 1 atom stereocenters. The highest BCUT2D eigenvalue weighted by atomic mass is 32.2. The zero-order valence-electron chi connectivity index (χ0n) is 13.6. The van der Waals surface area contributed by atoms with Crippen LogP contribution in [0.25, 0.3) is 0 Å². The van der Waals surface area contributed by atoms with E-state index in [9.17, 15) is 27.1 Å². The Morgan fingerprint density at radius 1 is 1.23 bits per heavy atom. The number of carbonyl (C=O) groups is 1. The van der Waals surface area contributed by atoms with Crippen LogP contribution in [0.2, 0.25) is 0 Å². The average molecular weight is 386 g/mol. The molecule has 0 spiro atoms. The number of aliphatic hydroxyl groups is 1. The normalized spacial score (nSPS) is 12.5. The lowest BCUT2D eigenvalue weighted by Crippen LogP contribution is -2.29. The van der Waals surface area contributed by atoms with Crippen LogP contribution in [0, 0.1) is 11.6 Å². The number of primary sulfonamides is 1. The van der Waals surface area contributed by atoms with Gasteiger partial charge < -0.3 is 15.2 Å². The fourth-order valence-electron chi connectivity index (χ4n) is 2.16. The summed E-state index contributed by atoms with van der Waals surface area (Å²) < 4.78 is 54.0. The molecule has 0 saturated carbocycles. The summed E-state index contributed by atoms with van der Waals surface area (Å²) in [5.74, 6) is -2.84. The van der Waals surface area contributed by atoms with E-state index < -0.39 is 33.7 Å². The van der Waals surface area contributed by atoms with Crippen molar-refractivity contribution in [2.24, 2.45) is 5.14 Å². The summed E-state index contributed by atoms with van der Waals surface area (Å²) in [7, 11) is -2.74. The Kier molecular flexibility index (Phi) is 5.90. The van der Waals surface area contributed by atoms with Crippen molar-refractivity contribution < 1.29 is 31.8 Å². The molecular formula is C16H16F2N2O5S. The van der Waals surface area contributed by atoms with Gasteiger partial charge in [-0.25, -0.2) is 22.3 Å². The number of aliphatic hydroxyl groups excluding tert-OH is 1. The van der Waals surface area contributed by atoms with E-state index in [2.05, 4.69) is 5.32 Å². The minimum Gasteiger partial charge on any atom is -0.496 e. The molecule has 2 rings (SSSR count). The van der Waals surface area contributed by atoms with Crippen molar-refractivity contribution in [3.63, 3.8) is 0 Å². The van der Waals surface area contributed by atoms with Crippen LogP contribution in [0.3, 0.4) is 0 Å². The van der Waals surface area contributed by atoms with Gasteiger partial charge in [0.15, 0.2) is 11.6 Å². The van der Waals surface area contributed by atoms with Gasteiger partial charge in [0.05, 0.1) is 23.7 Å². The number of ether oxygens (including phenoxy) is 1. The summed E-state index contributed by atoms with van der Waals surface area (Å²) in [6.45, 7) is -0.327. The molecule has 2 aromatic carbocycles. The lowest BCUT2D eigenvalue weighted by molar-refractivity contribution is 0.0913. The molecule has 0 aliphatic heterocycles. The fourth-order valence-corrected chi connectivity index (χ4v) is 2.70. The van der Waals surface area contributed by atoms with Gasteiger partial charge >= 0.3 is 0 Å². The quantitative estimate of drug-likeness (QED) is 0.687. The van der Waals surface area contributed by atoms with Gasteiger partial charge in [0.25, 0.3) is 5.91 Å². The van der Waals surface area contributed by atoms with Crippen LogP contribution >= 0.6 is 0 Å². The van der Waals surface area contributed by atoms with E-state index in [1.807, 2.05) is 0 Å². The second-order valence-corrected chi connectivity index (χ2v) is 6.87. The van der Waals surface area contributed by atoms with Crippen molar-refractivity contribution in [3.8, 4) is 5.75 Å². The smallest absolute Gasteiger partial charge is 0.255 e. The van der Waals surface area contributed by atoms with Crippen LogP contribution in [0.15, 0.2) is 41.3 Å². The Bertz CT molecular complexity index is 934. The Morgan fingerprint density at radius 3 is 2.50 bits per heavy atom. The molecule has 1 unspecified atom stereocenters. The molecule has 26 heavy (non-hydrogen) atoms. The summed E-state index contributed by atoms with van der Waals surface area (Å²) in [4.78, 5) is 12.0. The highest BCUT2D eigenvalue weighted by Gasteiger charge is 2.19. The number of amides is 1. The number of nitrogens with two attached hydrogens (primary N) is 1. The van der Waals surface area contributed by atoms with Gasteiger partial charge in [-0.05, 0) is 35.9 Å². The molecule has 2 aromatic rings. The van der Waals surface area contributed by atoms with Crippen molar-refractivity contribution >= 4 is 15.9 Å². The predicted molar refractivity (Wildman–Crippen MR) is 88.0 cm³/mol. The van der Waals surface area contributed by atoms with Crippen molar-refractivity contribution in [2.45, 2.75) is 11.0 Å². The van der Waals surface area contributed by atoms with Crippen LogP contribution in [0.1, 0.15) is 22.0 Å². The Hall–Kier alpha value is -2.56. The van der Waals surface area contributed by atoms with Gasteiger partial charge in [0, 0.05) is 6.54 Å². The van der Waals surface area contributed by atoms with Crippen LogP contribution in [0.4, 0.5) is 8.78 Å². The number of methoxy groups -OCH3 is 1. The summed E-state index contributed by atoms with van der Waals surface area (Å²) in [5, 5.41) is 17.4. The molecule has 10 heteroatoms. The second kappa shape index (κ2) is 7.77. The second-order valence-electron chi connectivity index (χ2n) is 5.31. The van der Waals surface area contributed by atoms with E-state index in [4.69, 9.17) is 9.88 Å². The van der Waals surface area contributed by atoms with Gasteiger partial charge in [-0.3, -0.25) is 4.79 Å². The standard InChI is InChI=1S/C16H16F2N2O5S/c1-25-15-5-3-10(26(19,23)24)7-11(15)16(22)20-8-14(21)9-2-4-12(17)13(18)6-9/h2-7,14,21H,8H2,1H3,(H,20,22)(H2,19,23,24). The molecule has 0 heterocycles. The highest BCUT2D eigenvalue weighted by molar-refractivity contribution is 7.89. The first-order valence-corrected chi connectivity index (χ1v) is 8.80. The number of hydrogen-bond acceptors (Lipinski definition) is 5. The number of halogens is 2. The molecule has 140 valence electrons. The van der Waals surface area contributed by atoms with E-state index in [1.54, 1.807) is 0 Å². The van der Waals surface area contributed by atoms with E-state index in [0.717, 1.165) is 18.2 Å². The minimum atomic E-state index is -4.03. The largest absolute Gasteiger partial charge is 0.496 e. The molecule has 0 radical (unpaired) electrons. The average Bonchev–Trinajstić information content (AvgIpc) is 2.60. The molecular weight excluding hydrogens is 370 g/mol. The first kappa shape index (κ1) is 19.8. The monoisotopic (exact) mass is 386 g/mol. The lowest BCUT2D eigenvalue weighted by Gasteiger charge is -2.14. The van der Waals surface area contributed by atoms with Crippen LogP contribution in [-0.2, 0) is 10.0 Å². The third-order valence-corrected chi connectivity index (χ3v) is 4.44. The molecule has 0 bridgehead atoms. The summed E-state index contributed by atoms with van der Waals surface area (Å²) in [6.07, 6.45) is -1.30. The van der Waals surface area contributed by atoms with E-state index in [-0.39, 0.29) is 28.3 Å². The number of nitrogens with one attached hydrogen (secondary N) is 1. The van der Waals surface area contributed by atoms with Crippen molar-refractivity contribution in [3.05, 3.63) is 59.2 Å². The molecule has 0 fully saturated rings. The van der Waals surface area contributed by atoms with Gasteiger partial charge in [-0.1, -0.05) is 6.07 Å². The van der Waals surface area contributed by atoms with Crippen LogP contribution in [0.5, 0.6) is 5.75 Å². The number of carbonyl (C=O) groups excluding carboxylic acids is 1. The predicted octanol–water partition coefficient (Wildman–Crippen LogP) is 1.08. The van der Waals surface area contributed by atoms with E-state index in [0.29, 0.717) is 0 Å². The third-order valence-electron chi connectivity index (χ3n) is 3.53. The van der Waals surface area contributed by atoms with Crippen molar-refractivity contribution in [1.82, 2.24) is 5.32 Å². The first-order valence-electron chi connectivity index (χ1n) is 7.25. The first-order chi connectivity index (χ1) is 12.1. The molecule has 0 saturated heterocycles. The SMILES string of the molecule is COc1ccc(S(N)(=O)=O)cc1C(=O)NCC(O)c1ccc(F)c(F)c1. The Morgan fingerprint density at radius 2 is 1.92 bits per heavy atom. The molecule has 0 aliphatic rings. The summed E-state index contributed by atoms with van der Waals surface area (Å²) in [6, 6.07) is 6.33. The molecule has 4 N–H and O–H groups in total. The van der Waals surface area contributed by atoms with E-state index >= 15 is 0 Å². The zero-order chi connectivity index (χ0) is 19.5. The summed E-state index contributed by atoms with van der Waals surface area (Å²) >= 11 is 0. The number of sulfonamides is 1. The number of benzene rings is 2. The number of hydrogen-bond donors (Lipinski definition) is 3. The van der Waals surface area contributed by atoms with Gasteiger partial charge in [-0.2, -0.15) is 0 Å². The fraction of sp³-hybridized carbons (Fsp3) is 0.188. The maximum Gasteiger partial charge on any atom is 0.255 e. The topological polar surface area (TPSA) is 119 Å². The molecule has 0 aliphatic carbocycles. The van der Waals surface area contributed by atoms with Crippen molar-refractivity contribution in [1.29, 1.82) is 0 Å². The molecule has 7 nitrogen and oxygen atoms in total. The Labute approximate surface area is 148 Å². The maximum atomic E-state index is 13.2. The van der Waals surface area contributed by atoms with Crippen LogP contribution in [-0.4, -0.2) is 33.1 Å².